The smallest absolute Gasteiger partial charge is 0.412 e. The monoisotopic (exact) mass is 527 g/mol. The Bertz CT molecular complexity index is 899. The van der Waals surface area contributed by atoms with Crippen LogP contribution in [0.1, 0.15) is 33.3 Å². The van der Waals surface area contributed by atoms with Gasteiger partial charge in [-0.3, -0.25) is 10.1 Å². The van der Waals surface area contributed by atoms with Gasteiger partial charge in [-0.25, -0.2) is 4.79 Å². The maximum Gasteiger partial charge on any atom is 0.412 e. The highest BCUT2D eigenvalue weighted by atomic mass is 79.9. The molecular weight excluding hydrogens is 506 g/mol. The number of hydrogen-bond acceptors (Lipinski definition) is 5. The lowest BCUT2D eigenvalue weighted by Gasteiger charge is -2.20. The highest BCUT2D eigenvalue weighted by Gasteiger charge is 2.18. The van der Waals surface area contributed by atoms with E-state index in [1.54, 1.807) is 45.9 Å². The molecular formula is C21H23Br2NO5. The third-order valence-corrected chi connectivity index (χ3v) is 4.72. The number of Topliss-reactive ketones (excluding diaryl/α,β-unsaturated/α-hetero) is 1. The van der Waals surface area contributed by atoms with Gasteiger partial charge in [0.05, 0.1) is 21.7 Å². The minimum atomic E-state index is -0.622. The van der Waals surface area contributed by atoms with Gasteiger partial charge in [0.25, 0.3) is 0 Å². The van der Waals surface area contributed by atoms with Crippen molar-refractivity contribution in [2.75, 3.05) is 12.4 Å². The summed E-state index contributed by atoms with van der Waals surface area (Å²) >= 11 is 6.97. The average molecular weight is 529 g/mol. The average Bonchev–Trinajstić information content (AvgIpc) is 2.56. The first-order valence-electron chi connectivity index (χ1n) is 8.81. The summed E-state index contributed by atoms with van der Waals surface area (Å²) in [6.07, 6.45) is -0.256. The Hall–Kier alpha value is -2.06. The lowest BCUT2D eigenvalue weighted by Crippen LogP contribution is -2.27. The van der Waals surface area contributed by atoms with Crippen molar-refractivity contribution in [3.63, 3.8) is 0 Å². The van der Waals surface area contributed by atoms with Crippen molar-refractivity contribution >= 4 is 49.4 Å². The van der Waals surface area contributed by atoms with Gasteiger partial charge in [-0.1, -0.05) is 0 Å². The molecule has 0 aliphatic carbocycles. The van der Waals surface area contributed by atoms with E-state index in [0.29, 0.717) is 38.3 Å². The fourth-order valence-corrected chi connectivity index (χ4v) is 3.92. The highest BCUT2D eigenvalue weighted by molar-refractivity contribution is 9.11. The van der Waals surface area contributed by atoms with Gasteiger partial charge in [0.1, 0.15) is 22.9 Å². The predicted molar refractivity (Wildman–Crippen MR) is 119 cm³/mol. The van der Waals surface area contributed by atoms with Crippen molar-refractivity contribution in [3.8, 4) is 17.2 Å². The molecule has 0 aliphatic heterocycles. The summed E-state index contributed by atoms with van der Waals surface area (Å²) in [7, 11) is 1.51. The van der Waals surface area contributed by atoms with Gasteiger partial charge in [0.2, 0.25) is 0 Å². The molecule has 0 radical (unpaired) electrons. The largest absolute Gasteiger partial charge is 0.495 e. The number of methoxy groups -OCH3 is 1. The Morgan fingerprint density at radius 1 is 1.07 bits per heavy atom. The number of amides is 1. The molecule has 8 heteroatoms. The van der Waals surface area contributed by atoms with Crippen molar-refractivity contribution in [1.29, 1.82) is 0 Å². The Morgan fingerprint density at radius 2 is 1.69 bits per heavy atom. The SMILES string of the molecule is COc1ccc(Oc2c(Br)cc(CC(C)=O)cc2Br)cc1NC(=O)OC(C)(C)C. The van der Waals surface area contributed by atoms with Crippen LogP contribution in [0.5, 0.6) is 17.2 Å². The zero-order valence-corrected chi connectivity index (χ0v) is 20.1. The van der Waals surface area contributed by atoms with Crippen LogP contribution >= 0.6 is 31.9 Å². The third-order valence-electron chi connectivity index (χ3n) is 3.54. The molecule has 2 aromatic rings. The number of ether oxygens (including phenoxy) is 3. The summed E-state index contributed by atoms with van der Waals surface area (Å²) in [5.74, 6) is 1.58. The molecule has 0 spiro atoms. The standard InChI is InChI=1S/C21H23Br2NO5/c1-12(25)8-13-9-15(22)19(16(23)10-13)28-14-6-7-18(27-5)17(11-14)24-20(26)29-21(2,3)4/h6-7,9-11H,8H2,1-5H3,(H,24,26). The van der Waals surface area contributed by atoms with Crippen LogP contribution in [0.3, 0.4) is 0 Å². The third kappa shape index (κ3) is 7.04. The number of ketones is 1. The molecule has 6 nitrogen and oxygen atoms in total. The second-order valence-corrected chi connectivity index (χ2v) is 9.07. The maximum absolute atomic E-state index is 12.1. The molecule has 1 amide bonds. The van der Waals surface area contributed by atoms with E-state index in [4.69, 9.17) is 14.2 Å². The van der Waals surface area contributed by atoms with Crippen LogP contribution in [0.15, 0.2) is 39.3 Å². The number of nitrogens with one attached hydrogen (secondary N) is 1. The quantitative estimate of drug-likeness (QED) is 0.463. The van der Waals surface area contributed by atoms with E-state index < -0.39 is 11.7 Å². The summed E-state index contributed by atoms with van der Waals surface area (Å²) in [5.41, 5.74) is 0.660. The van der Waals surface area contributed by atoms with Gasteiger partial charge in [-0.05, 0) is 89.4 Å². The zero-order valence-electron chi connectivity index (χ0n) is 16.9. The van der Waals surface area contributed by atoms with Gasteiger partial charge in [0.15, 0.2) is 5.75 Å². The number of carbonyl (C=O) groups is 2. The first kappa shape index (κ1) is 23.2. The Balaban J connectivity index is 2.28. The molecule has 29 heavy (non-hydrogen) atoms. The van der Waals surface area contributed by atoms with Gasteiger partial charge >= 0.3 is 6.09 Å². The molecule has 0 saturated heterocycles. The van der Waals surface area contributed by atoms with Crippen LogP contribution < -0.4 is 14.8 Å². The van der Waals surface area contributed by atoms with Crippen LogP contribution in [0.4, 0.5) is 10.5 Å². The molecule has 0 aliphatic rings. The first-order valence-corrected chi connectivity index (χ1v) is 10.4. The lowest BCUT2D eigenvalue weighted by atomic mass is 10.1. The van der Waals surface area contributed by atoms with E-state index >= 15 is 0 Å². The number of halogens is 2. The van der Waals surface area contributed by atoms with Gasteiger partial charge < -0.3 is 14.2 Å². The summed E-state index contributed by atoms with van der Waals surface area (Å²) in [5, 5.41) is 2.68. The van der Waals surface area contributed by atoms with Gasteiger partial charge in [0, 0.05) is 12.5 Å². The summed E-state index contributed by atoms with van der Waals surface area (Å²) in [6.45, 7) is 6.90. The predicted octanol–water partition coefficient (Wildman–Crippen LogP) is 6.49. The number of carbonyl (C=O) groups excluding carboxylic acids is 2. The zero-order chi connectivity index (χ0) is 21.8. The van der Waals surface area contributed by atoms with Crippen molar-refractivity contribution in [2.24, 2.45) is 0 Å². The van der Waals surface area contributed by atoms with Crippen LogP contribution in [0.2, 0.25) is 0 Å². The number of benzene rings is 2. The molecule has 0 bridgehead atoms. The second-order valence-electron chi connectivity index (χ2n) is 7.36. The second kappa shape index (κ2) is 9.63. The molecule has 0 heterocycles. The molecule has 156 valence electrons. The van der Waals surface area contributed by atoms with Crippen LogP contribution in [0, 0.1) is 0 Å². The molecule has 0 unspecified atom stereocenters. The first-order chi connectivity index (χ1) is 13.5. The Morgan fingerprint density at radius 3 is 2.21 bits per heavy atom. The number of hydrogen-bond donors (Lipinski definition) is 1. The molecule has 1 N–H and O–H groups in total. The molecule has 2 aromatic carbocycles. The normalized spacial score (nSPS) is 11.0. The van der Waals surface area contributed by atoms with Crippen molar-refractivity contribution in [3.05, 3.63) is 44.8 Å². The Labute approximate surface area is 187 Å². The summed E-state index contributed by atoms with van der Waals surface area (Å²) < 4.78 is 18.0. The van der Waals surface area contributed by atoms with Crippen LogP contribution in [-0.2, 0) is 16.0 Å². The van der Waals surface area contributed by atoms with E-state index in [2.05, 4.69) is 37.2 Å². The van der Waals surface area contributed by atoms with Crippen LogP contribution in [0.25, 0.3) is 0 Å². The van der Waals surface area contributed by atoms with Crippen molar-refractivity contribution < 1.29 is 23.8 Å². The molecule has 2 rings (SSSR count). The van der Waals surface area contributed by atoms with Crippen LogP contribution in [-0.4, -0.2) is 24.6 Å². The lowest BCUT2D eigenvalue weighted by molar-refractivity contribution is -0.116. The minimum absolute atomic E-state index is 0.0745. The van der Waals surface area contributed by atoms with Crippen molar-refractivity contribution in [1.82, 2.24) is 0 Å². The topological polar surface area (TPSA) is 73.9 Å². The van der Waals surface area contributed by atoms with E-state index in [-0.39, 0.29) is 5.78 Å². The molecule has 0 fully saturated rings. The highest BCUT2D eigenvalue weighted by Crippen LogP contribution is 2.39. The fraction of sp³-hybridized carbons (Fsp3) is 0.333. The van der Waals surface area contributed by atoms with E-state index in [9.17, 15) is 9.59 Å². The minimum Gasteiger partial charge on any atom is -0.495 e. The van der Waals surface area contributed by atoms with E-state index in [0.717, 1.165) is 5.56 Å². The van der Waals surface area contributed by atoms with Gasteiger partial charge in [-0.2, -0.15) is 0 Å². The number of rotatable bonds is 6. The summed E-state index contributed by atoms with van der Waals surface area (Å²) in [6, 6.07) is 8.73. The molecule has 0 atom stereocenters. The van der Waals surface area contributed by atoms with E-state index in [1.165, 1.54) is 7.11 Å². The fourth-order valence-electron chi connectivity index (χ4n) is 2.48. The Kier molecular flexibility index (Phi) is 7.71. The molecule has 0 aromatic heterocycles. The van der Waals surface area contributed by atoms with Gasteiger partial charge in [-0.15, -0.1) is 0 Å². The van der Waals surface area contributed by atoms with Crippen molar-refractivity contribution in [2.45, 2.75) is 39.7 Å². The van der Waals surface area contributed by atoms with E-state index in [1.807, 2.05) is 12.1 Å². The number of anilines is 1. The maximum atomic E-state index is 12.1. The summed E-state index contributed by atoms with van der Waals surface area (Å²) in [4.78, 5) is 23.5. The molecule has 0 saturated carbocycles.